The normalized spacial score (nSPS) is 26.8. The molecule has 1 aromatic heterocycles. The Balaban J connectivity index is 1.44. The highest BCUT2D eigenvalue weighted by molar-refractivity contribution is 5.75. The van der Waals surface area contributed by atoms with Gasteiger partial charge in [0.05, 0.1) is 38.4 Å². The molecule has 156 valence electrons. The molecule has 0 unspecified atom stereocenters. The molecule has 0 spiro atoms. The van der Waals surface area contributed by atoms with Crippen molar-refractivity contribution in [3.8, 4) is 0 Å². The number of likely N-dealkylation sites (tertiary alicyclic amines) is 1. The van der Waals surface area contributed by atoms with Crippen molar-refractivity contribution in [3.63, 3.8) is 0 Å². The Hall–Kier alpha value is -1.78. The molecule has 1 aromatic rings. The number of carbonyl (C=O) groups is 1. The van der Waals surface area contributed by atoms with Crippen molar-refractivity contribution in [1.82, 2.24) is 35.3 Å². The summed E-state index contributed by atoms with van der Waals surface area (Å²) in [7, 11) is 0. The number of nitrogens with one attached hydrogen (secondary N) is 1. The predicted molar refractivity (Wildman–Crippen MR) is 101 cm³/mol. The highest BCUT2D eigenvalue weighted by atomic mass is 16.5. The smallest absolute Gasteiger partial charge is 0.318 e. The number of urea groups is 1. The van der Waals surface area contributed by atoms with E-state index in [2.05, 4.69) is 25.7 Å². The first-order valence-corrected chi connectivity index (χ1v) is 10.5. The average molecular weight is 393 g/mol. The van der Waals surface area contributed by atoms with Crippen LogP contribution in [0.4, 0.5) is 4.79 Å². The number of amides is 2. The Bertz CT molecular complexity index is 643. The highest BCUT2D eigenvalue weighted by Crippen LogP contribution is 2.35. The molecule has 2 N–H and O–H groups in total. The van der Waals surface area contributed by atoms with Crippen molar-refractivity contribution in [2.24, 2.45) is 0 Å². The Labute approximate surface area is 165 Å². The highest BCUT2D eigenvalue weighted by Gasteiger charge is 2.41. The van der Waals surface area contributed by atoms with E-state index in [0.29, 0.717) is 12.4 Å². The summed E-state index contributed by atoms with van der Waals surface area (Å²) >= 11 is 0. The van der Waals surface area contributed by atoms with Crippen molar-refractivity contribution >= 4 is 6.03 Å². The van der Waals surface area contributed by atoms with Crippen molar-refractivity contribution < 1.29 is 14.6 Å². The first kappa shape index (κ1) is 19.5. The van der Waals surface area contributed by atoms with Gasteiger partial charge in [-0.25, -0.2) is 9.48 Å². The first-order valence-electron chi connectivity index (χ1n) is 10.5. The van der Waals surface area contributed by atoms with Gasteiger partial charge in [-0.15, -0.1) is 5.10 Å². The van der Waals surface area contributed by atoms with Gasteiger partial charge in [-0.1, -0.05) is 12.8 Å². The van der Waals surface area contributed by atoms with Gasteiger partial charge in [0.2, 0.25) is 0 Å². The van der Waals surface area contributed by atoms with Gasteiger partial charge in [0.25, 0.3) is 0 Å². The summed E-state index contributed by atoms with van der Waals surface area (Å²) in [4.78, 5) is 17.1. The number of morpholine rings is 1. The average Bonchev–Trinajstić information content (AvgIpc) is 3.46. The van der Waals surface area contributed by atoms with E-state index in [1.807, 2.05) is 4.68 Å². The van der Waals surface area contributed by atoms with Crippen LogP contribution in [0.5, 0.6) is 0 Å². The van der Waals surface area contributed by atoms with Crippen LogP contribution < -0.4 is 5.32 Å². The zero-order valence-electron chi connectivity index (χ0n) is 16.4. The predicted octanol–water partition coefficient (Wildman–Crippen LogP) is 0.155. The minimum absolute atomic E-state index is 0.0378. The standard InChI is InChI=1S/C18H31N7O3/c26-13-15-5-6-16(25(15)18(27)19-14-3-1-2-4-14)17-20-21-22-24(17)8-7-23-9-11-28-12-10-23/h14-16,26H,1-13H2,(H,19,27)/t15-,16-/m0/s1. The van der Waals surface area contributed by atoms with Gasteiger partial charge in [0.15, 0.2) is 5.82 Å². The zero-order chi connectivity index (χ0) is 19.3. The molecule has 28 heavy (non-hydrogen) atoms. The first-order chi connectivity index (χ1) is 13.8. The Morgan fingerprint density at radius 1 is 1.14 bits per heavy atom. The summed E-state index contributed by atoms with van der Waals surface area (Å²) in [6.07, 6.45) is 5.92. The van der Waals surface area contributed by atoms with Crippen molar-refractivity contribution in [1.29, 1.82) is 0 Å². The molecular formula is C18H31N7O3. The van der Waals surface area contributed by atoms with Gasteiger partial charge in [0, 0.05) is 25.7 Å². The zero-order valence-corrected chi connectivity index (χ0v) is 16.4. The quantitative estimate of drug-likeness (QED) is 0.708. The minimum atomic E-state index is -0.196. The molecule has 0 aromatic carbocycles. The van der Waals surface area contributed by atoms with Crippen LogP contribution in [-0.2, 0) is 11.3 Å². The SMILES string of the molecule is O=C(NC1CCCC1)N1[C@H](CO)CC[C@H]1c1nnnn1CCN1CCOCC1. The summed E-state index contributed by atoms with van der Waals surface area (Å²) in [6, 6.07) is -0.240. The molecule has 0 bridgehead atoms. The van der Waals surface area contributed by atoms with Gasteiger partial charge in [-0.2, -0.15) is 0 Å². The van der Waals surface area contributed by atoms with Gasteiger partial charge in [-0.05, 0) is 36.1 Å². The van der Waals surface area contributed by atoms with Crippen LogP contribution in [0.1, 0.15) is 50.4 Å². The van der Waals surface area contributed by atoms with E-state index in [-0.39, 0.29) is 30.8 Å². The second-order valence-electron chi connectivity index (χ2n) is 7.98. The molecule has 3 aliphatic rings. The topological polar surface area (TPSA) is 109 Å². The fraction of sp³-hybridized carbons (Fsp3) is 0.889. The van der Waals surface area contributed by atoms with E-state index in [4.69, 9.17) is 4.74 Å². The molecule has 1 aliphatic carbocycles. The van der Waals surface area contributed by atoms with E-state index in [1.54, 1.807) is 4.90 Å². The third-order valence-corrected chi connectivity index (χ3v) is 6.22. The molecule has 2 aliphatic heterocycles. The number of aliphatic hydroxyl groups excluding tert-OH is 1. The number of hydrogen-bond donors (Lipinski definition) is 2. The maximum Gasteiger partial charge on any atom is 0.318 e. The Kier molecular flexibility index (Phi) is 6.38. The monoisotopic (exact) mass is 393 g/mol. The number of hydrogen-bond acceptors (Lipinski definition) is 7. The molecule has 3 heterocycles. The molecule has 2 saturated heterocycles. The number of tetrazole rings is 1. The maximum absolute atomic E-state index is 13.0. The lowest BCUT2D eigenvalue weighted by molar-refractivity contribution is 0.0356. The summed E-state index contributed by atoms with van der Waals surface area (Å²) < 4.78 is 7.21. The summed E-state index contributed by atoms with van der Waals surface area (Å²) in [6.45, 7) is 4.86. The largest absolute Gasteiger partial charge is 0.394 e. The number of rotatable bonds is 6. The van der Waals surface area contributed by atoms with Crippen LogP contribution in [0.15, 0.2) is 0 Å². The lowest BCUT2D eigenvalue weighted by Crippen LogP contribution is -2.48. The number of ether oxygens (including phenoxy) is 1. The maximum atomic E-state index is 13.0. The van der Waals surface area contributed by atoms with Crippen LogP contribution >= 0.6 is 0 Å². The molecule has 3 fully saturated rings. The molecular weight excluding hydrogens is 362 g/mol. The lowest BCUT2D eigenvalue weighted by Gasteiger charge is -2.30. The van der Waals surface area contributed by atoms with Crippen molar-refractivity contribution in [2.75, 3.05) is 39.5 Å². The number of nitrogens with zero attached hydrogens (tertiary/aromatic N) is 6. The lowest BCUT2D eigenvalue weighted by atomic mass is 10.2. The molecule has 10 nitrogen and oxygen atoms in total. The van der Waals surface area contributed by atoms with Crippen LogP contribution in [-0.4, -0.2) is 92.7 Å². The van der Waals surface area contributed by atoms with Gasteiger partial charge < -0.3 is 20.1 Å². The van der Waals surface area contributed by atoms with Crippen molar-refractivity contribution in [3.05, 3.63) is 5.82 Å². The summed E-state index contributed by atoms with van der Waals surface area (Å²) in [5, 5.41) is 25.3. The number of aromatic nitrogens is 4. The second kappa shape index (κ2) is 9.15. The second-order valence-corrected chi connectivity index (χ2v) is 7.98. The third-order valence-electron chi connectivity index (χ3n) is 6.22. The molecule has 1 saturated carbocycles. The Morgan fingerprint density at radius 3 is 2.68 bits per heavy atom. The van der Waals surface area contributed by atoms with Crippen LogP contribution in [0.25, 0.3) is 0 Å². The minimum Gasteiger partial charge on any atom is -0.394 e. The fourth-order valence-electron chi connectivity index (χ4n) is 4.61. The van der Waals surface area contributed by atoms with Gasteiger partial charge in [-0.3, -0.25) is 4.90 Å². The molecule has 10 heteroatoms. The van der Waals surface area contributed by atoms with Gasteiger partial charge >= 0.3 is 6.03 Å². The van der Waals surface area contributed by atoms with E-state index >= 15 is 0 Å². The van der Waals surface area contributed by atoms with Crippen molar-refractivity contribution in [2.45, 2.75) is 63.2 Å². The third kappa shape index (κ3) is 4.28. The molecule has 4 rings (SSSR count). The van der Waals surface area contributed by atoms with E-state index in [0.717, 1.165) is 71.4 Å². The van der Waals surface area contributed by atoms with E-state index < -0.39 is 0 Å². The summed E-state index contributed by atoms with van der Waals surface area (Å²) in [5.41, 5.74) is 0. The molecule has 0 radical (unpaired) electrons. The van der Waals surface area contributed by atoms with Crippen LogP contribution in [0.3, 0.4) is 0 Å². The Morgan fingerprint density at radius 2 is 1.93 bits per heavy atom. The van der Waals surface area contributed by atoms with Crippen LogP contribution in [0.2, 0.25) is 0 Å². The fourth-order valence-corrected chi connectivity index (χ4v) is 4.61. The van der Waals surface area contributed by atoms with E-state index in [9.17, 15) is 9.90 Å². The summed E-state index contributed by atoms with van der Waals surface area (Å²) in [5.74, 6) is 0.714. The number of aliphatic hydroxyl groups is 1. The van der Waals surface area contributed by atoms with Gasteiger partial charge in [0.1, 0.15) is 0 Å². The van der Waals surface area contributed by atoms with Crippen LogP contribution in [0, 0.1) is 0 Å². The molecule has 2 amide bonds. The molecule has 2 atom stereocenters. The van der Waals surface area contributed by atoms with E-state index in [1.165, 1.54) is 0 Å². The number of carbonyl (C=O) groups excluding carboxylic acids is 1.